The molecule has 0 unspecified atom stereocenters. The lowest BCUT2D eigenvalue weighted by molar-refractivity contribution is 0.0648. The first-order valence-corrected chi connectivity index (χ1v) is 7.86. The number of carbonyl (C=O) groups is 1. The highest BCUT2D eigenvalue weighted by Gasteiger charge is 2.24. The minimum Gasteiger partial charge on any atom is -0.336 e. The molecule has 3 heteroatoms. The van der Waals surface area contributed by atoms with Gasteiger partial charge in [-0.25, -0.2) is 0 Å². The van der Waals surface area contributed by atoms with Crippen molar-refractivity contribution in [1.29, 1.82) is 0 Å². The van der Waals surface area contributed by atoms with Crippen LogP contribution in [0.1, 0.15) is 49.4 Å². The fourth-order valence-electron chi connectivity index (χ4n) is 2.72. The Morgan fingerprint density at radius 3 is 2.39 bits per heavy atom. The van der Waals surface area contributed by atoms with Gasteiger partial charge in [0.15, 0.2) is 0 Å². The third-order valence-corrected chi connectivity index (χ3v) is 4.43. The van der Waals surface area contributed by atoms with Crippen LogP contribution in [0.2, 0.25) is 0 Å². The molecule has 1 saturated carbocycles. The van der Waals surface area contributed by atoms with Gasteiger partial charge in [-0.1, -0.05) is 19.3 Å². The Bertz CT molecular complexity index is 395. The summed E-state index contributed by atoms with van der Waals surface area (Å²) in [6, 6.07) is 8.34. The Morgan fingerprint density at radius 2 is 1.83 bits per heavy atom. The molecule has 0 aromatic heterocycles. The molecule has 0 atom stereocenters. The van der Waals surface area contributed by atoms with Gasteiger partial charge in [0, 0.05) is 21.7 Å². The number of hydrogen-bond donors (Lipinski definition) is 0. The zero-order chi connectivity index (χ0) is 13.0. The van der Waals surface area contributed by atoms with E-state index in [1.165, 1.54) is 35.7 Å². The molecule has 2 rings (SSSR count). The van der Waals surface area contributed by atoms with Crippen LogP contribution in [0.25, 0.3) is 0 Å². The smallest absolute Gasteiger partial charge is 0.254 e. The summed E-state index contributed by atoms with van der Waals surface area (Å²) >= 11 is 2.26. The quantitative estimate of drug-likeness (QED) is 0.747. The van der Waals surface area contributed by atoms with Crippen LogP contribution in [0.15, 0.2) is 24.3 Å². The van der Waals surface area contributed by atoms with E-state index in [4.69, 9.17) is 0 Å². The second kappa shape index (κ2) is 6.55. The molecule has 1 aliphatic rings. The molecule has 1 aromatic carbocycles. The van der Waals surface area contributed by atoms with Gasteiger partial charge in [0.1, 0.15) is 0 Å². The highest BCUT2D eigenvalue weighted by Crippen LogP contribution is 2.24. The number of carbonyl (C=O) groups excluding carboxylic acids is 1. The lowest BCUT2D eigenvalue weighted by atomic mass is 9.93. The molecule has 1 amide bonds. The Labute approximate surface area is 123 Å². The molecule has 0 saturated heterocycles. The predicted molar refractivity (Wildman–Crippen MR) is 82.7 cm³/mol. The molecular weight excluding hydrogens is 337 g/mol. The monoisotopic (exact) mass is 357 g/mol. The van der Waals surface area contributed by atoms with E-state index in [9.17, 15) is 4.79 Å². The van der Waals surface area contributed by atoms with Gasteiger partial charge < -0.3 is 4.90 Å². The van der Waals surface area contributed by atoms with Gasteiger partial charge in [0.25, 0.3) is 5.91 Å². The van der Waals surface area contributed by atoms with Gasteiger partial charge in [-0.05, 0) is 66.6 Å². The molecule has 1 aromatic rings. The lowest BCUT2D eigenvalue weighted by Crippen LogP contribution is -2.41. The van der Waals surface area contributed by atoms with E-state index in [1.807, 2.05) is 24.3 Å². The standard InChI is InChI=1S/C15H20INO/c1-2-17(14-6-4-3-5-7-14)15(18)12-8-10-13(16)11-9-12/h8-11,14H,2-7H2,1H3. The van der Waals surface area contributed by atoms with Crippen molar-refractivity contribution in [3.05, 3.63) is 33.4 Å². The molecule has 1 fully saturated rings. The van der Waals surface area contributed by atoms with E-state index in [2.05, 4.69) is 34.4 Å². The maximum atomic E-state index is 12.5. The number of hydrogen-bond acceptors (Lipinski definition) is 1. The highest BCUT2D eigenvalue weighted by molar-refractivity contribution is 14.1. The normalized spacial score (nSPS) is 16.6. The van der Waals surface area contributed by atoms with Crippen molar-refractivity contribution in [3.63, 3.8) is 0 Å². The Balaban J connectivity index is 2.11. The molecular formula is C15H20INO. The minimum absolute atomic E-state index is 0.195. The van der Waals surface area contributed by atoms with Crippen LogP contribution in [-0.4, -0.2) is 23.4 Å². The van der Waals surface area contributed by atoms with Crippen LogP contribution < -0.4 is 0 Å². The summed E-state index contributed by atoms with van der Waals surface area (Å²) in [5, 5.41) is 0. The number of rotatable bonds is 3. The number of benzene rings is 1. The topological polar surface area (TPSA) is 20.3 Å². The van der Waals surface area contributed by atoms with Crippen molar-refractivity contribution < 1.29 is 4.79 Å². The zero-order valence-corrected chi connectivity index (χ0v) is 13.0. The second-order valence-corrected chi connectivity index (χ2v) is 6.14. The molecule has 1 aliphatic carbocycles. The van der Waals surface area contributed by atoms with Gasteiger partial charge in [0.2, 0.25) is 0 Å². The maximum absolute atomic E-state index is 12.5. The second-order valence-electron chi connectivity index (χ2n) is 4.89. The summed E-state index contributed by atoms with van der Waals surface area (Å²) in [4.78, 5) is 14.6. The van der Waals surface area contributed by atoms with Crippen LogP contribution >= 0.6 is 22.6 Å². The van der Waals surface area contributed by atoms with Crippen LogP contribution in [0.5, 0.6) is 0 Å². The fraction of sp³-hybridized carbons (Fsp3) is 0.533. The van der Waals surface area contributed by atoms with E-state index in [1.54, 1.807) is 0 Å². The lowest BCUT2D eigenvalue weighted by Gasteiger charge is -2.33. The van der Waals surface area contributed by atoms with Crippen molar-refractivity contribution in [3.8, 4) is 0 Å². The zero-order valence-electron chi connectivity index (χ0n) is 10.9. The molecule has 18 heavy (non-hydrogen) atoms. The third kappa shape index (κ3) is 3.25. The first-order valence-electron chi connectivity index (χ1n) is 6.79. The average Bonchev–Trinajstić information content (AvgIpc) is 2.41. The van der Waals surface area contributed by atoms with Gasteiger partial charge >= 0.3 is 0 Å². The van der Waals surface area contributed by atoms with Gasteiger partial charge in [-0.2, -0.15) is 0 Å². The van der Waals surface area contributed by atoms with Crippen molar-refractivity contribution in [2.75, 3.05) is 6.54 Å². The number of halogens is 1. The maximum Gasteiger partial charge on any atom is 0.254 e. The first-order chi connectivity index (χ1) is 8.72. The molecule has 0 radical (unpaired) electrons. The minimum atomic E-state index is 0.195. The first kappa shape index (κ1) is 13.8. The van der Waals surface area contributed by atoms with E-state index < -0.39 is 0 Å². The fourth-order valence-corrected chi connectivity index (χ4v) is 3.08. The molecule has 0 spiro atoms. The average molecular weight is 357 g/mol. The van der Waals surface area contributed by atoms with E-state index >= 15 is 0 Å². The summed E-state index contributed by atoms with van der Waals surface area (Å²) in [6.07, 6.45) is 6.20. The van der Waals surface area contributed by atoms with Crippen molar-refractivity contribution in [2.24, 2.45) is 0 Å². The van der Waals surface area contributed by atoms with E-state index in [-0.39, 0.29) is 5.91 Å². The predicted octanol–water partition coefficient (Wildman–Crippen LogP) is 4.09. The van der Waals surface area contributed by atoms with Crippen molar-refractivity contribution in [2.45, 2.75) is 45.1 Å². The van der Waals surface area contributed by atoms with E-state index in [0.29, 0.717) is 6.04 Å². The van der Waals surface area contributed by atoms with Gasteiger partial charge in [0.05, 0.1) is 0 Å². The molecule has 98 valence electrons. The Hall–Kier alpha value is -0.580. The number of nitrogens with zero attached hydrogens (tertiary/aromatic N) is 1. The molecule has 2 nitrogen and oxygen atoms in total. The summed E-state index contributed by atoms with van der Waals surface area (Å²) in [5.74, 6) is 0.195. The molecule has 0 aliphatic heterocycles. The summed E-state index contributed by atoms with van der Waals surface area (Å²) in [7, 11) is 0. The largest absolute Gasteiger partial charge is 0.336 e. The van der Waals surface area contributed by atoms with Crippen LogP contribution in [0, 0.1) is 3.57 Å². The highest BCUT2D eigenvalue weighted by atomic mass is 127. The summed E-state index contributed by atoms with van der Waals surface area (Å²) < 4.78 is 1.17. The molecule has 0 heterocycles. The van der Waals surface area contributed by atoms with Gasteiger partial charge in [-0.3, -0.25) is 4.79 Å². The molecule has 0 N–H and O–H groups in total. The Kier molecular flexibility index (Phi) is 5.03. The molecule has 0 bridgehead atoms. The van der Waals surface area contributed by atoms with Crippen molar-refractivity contribution in [1.82, 2.24) is 4.90 Å². The third-order valence-electron chi connectivity index (χ3n) is 3.71. The summed E-state index contributed by atoms with van der Waals surface area (Å²) in [6.45, 7) is 2.90. The van der Waals surface area contributed by atoms with E-state index in [0.717, 1.165) is 12.1 Å². The van der Waals surface area contributed by atoms with Crippen LogP contribution in [0.3, 0.4) is 0 Å². The van der Waals surface area contributed by atoms with Crippen LogP contribution in [0.4, 0.5) is 0 Å². The summed E-state index contributed by atoms with van der Waals surface area (Å²) in [5.41, 5.74) is 0.822. The van der Waals surface area contributed by atoms with Crippen LogP contribution in [-0.2, 0) is 0 Å². The van der Waals surface area contributed by atoms with Crippen molar-refractivity contribution >= 4 is 28.5 Å². The van der Waals surface area contributed by atoms with Gasteiger partial charge in [-0.15, -0.1) is 0 Å². The number of amides is 1. The Morgan fingerprint density at radius 1 is 1.22 bits per heavy atom. The SMILES string of the molecule is CCN(C(=O)c1ccc(I)cc1)C1CCCCC1.